The molecular weight excluding hydrogens is 2090 g/mol. The lowest BCUT2D eigenvalue weighted by Gasteiger charge is -2.34. The number of methoxy groups -OCH3 is 7. The predicted molar refractivity (Wildman–Crippen MR) is 485 cm³/mol. The molecule has 31 nitrogen and oxygen atoms in total. The summed E-state index contributed by atoms with van der Waals surface area (Å²) in [5.74, 6) is 1.52. The van der Waals surface area contributed by atoms with Crippen molar-refractivity contribution in [3.63, 3.8) is 0 Å². The van der Waals surface area contributed by atoms with E-state index >= 15 is 0 Å². The molecule has 2 saturated heterocycles. The van der Waals surface area contributed by atoms with Gasteiger partial charge < -0.3 is 83.3 Å². The standard InChI is InChI=1S/C21H20N4O4.C11H10N2O4.C11H14N2O.C8H6Br2N2O.C8H8N2O.C7H7Br2NO.C6H5Br2NO.C5H3Br2NO.C5H5NO/c1-29-17-13-22-12-16-18(17)15(11-23-16)19(26)21(28)25-9-7-24(8-10-25)20(27)14-5-3-2-4-6-14;1-16-8-5-12-4-7-9(8)6(3-13-7)10(14)11(15)17-2;14-11(10-4-2-1-3-5-10)13-8-6-12-7-9-13;1-13-6-4-2-3-11-5(4)7(9)12-8(6)10;1-11-8-5-9-4-7-6(8)2-3-10-7;1-4-3-5(11-2)7(9)10-6(4)8;1-10-4-2-3-5(7)9-6(4)8;6-4-2-1-3(9)5(7)8-4;7-5-2-1-3-6-4-5/h2-6,11-13,23H,7-10H2,1H3;3-5,13H,1-2H3;1-5,12H,6-9H2;2-3,11H,1H3;2-5,10H,1H3;3H,1-2H3;2-3H,1H3;1-2,9H;1-4,7H. The normalized spacial score (nSPS) is 11.7. The predicted octanol–water partition coefficient (Wildman–Crippen LogP) is 16.7. The zero-order chi connectivity index (χ0) is 87.7. The van der Waals surface area contributed by atoms with Crippen molar-refractivity contribution in [3.05, 3.63) is 254 Å². The molecule has 0 radical (unpaired) electrons. The van der Waals surface area contributed by atoms with Crippen LogP contribution in [0, 0.1) is 6.92 Å². The highest BCUT2D eigenvalue weighted by molar-refractivity contribution is 9.12. The molecule has 0 atom stereocenters. The van der Waals surface area contributed by atoms with E-state index in [9.17, 15) is 28.8 Å². The van der Waals surface area contributed by atoms with Gasteiger partial charge in [-0.05, 0) is 219 Å². The summed E-state index contributed by atoms with van der Waals surface area (Å²) < 4.78 is 40.8. The zero-order valence-electron chi connectivity index (χ0n) is 65.7. The number of nitrogens with one attached hydrogen (secondary N) is 5. The number of piperazine rings is 2. The molecule has 2 fully saturated rings. The third-order valence-electron chi connectivity index (χ3n) is 17.1. The Morgan fingerprint density at radius 2 is 0.901 bits per heavy atom. The molecule has 2 aliphatic heterocycles. The number of carbonyl (C=O) groups is 6. The number of aryl methyl sites for hydroxylation is 1. The monoisotopic (exact) mass is 2160 g/mol. The quantitative estimate of drug-likeness (QED) is 0.0258. The molecule has 0 bridgehead atoms. The summed E-state index contributed by atoms with van der Waals surface area (Å²) in [5, 5.41) is 23.9. The van der Waals surface area contributed by atoms with E-state index in [1.807, 2.05) is 103 Å². The zero-order valence-corrected chi connectivity index (χ0v) is 78.4. The first-order chi connectivity index (χ1) is 58.3. The van der Waals surface area contributed by atoms with Gasteiger partial charge in [-0.1, -0.05) is 36.4 Å². The Labute approximate surface area is 760 Å². The van der Waals surface area contributed by atoms with E-state index in [1.54, 1.807) is 101 Å². The maximum Gasteiger partial charge on any atom is 0.379 e. The fraction of sp³-hybridized carbons (Fsp3) is 0.195. The molecule has 0 unspecified atom stereocenters. The number of pyridine rings is 8. The van der Waals surface area contributed by atoms with Crippen LogP contribution < -0.4 is 33.7 Å². The highest BCUT2D eigenvalue weighted by Crippen LogP contribution is 2.36. The van der Waals surface area contributed by atoms with E-state index in [1.165, 1.54) is 50.1 Å². The van der Waals surface area contributed by atoms with Crippen molar-refractivity contribution in [1.29, 1.82) is 0 Å². The summed E-state index contributed by atoms with van der Waals surface area (Å²) in [6, 6.07) is 34.4. The van der Waals surface area contributed by atoms with Crippen LogP contribution >= 0.6 is 127 Å². The van der Waals surface area contributed by atoms with Gasteiger partial charge in [0.1, 0.15) is 65.6 Å². The fourth-order valence-corrected chi connectivity index (χ4v) is 15.3. The van der Waals surface area contributed by atoms with E-state index in [0.717, 1.165) is 108 Å². The van der Waals surface area contributed by atoms with Gasteiger partial charge in [-0.15, -0.1) is 0 Å². The lowest BCUT2D eigenvalue weighted by Crippen LogP contribution is -2.52. The molecule has 0 aliphatic carbocycles. The number of halogens is 8. The third-order valence-corrected chi connectivity index (χ3v) is 21.6. The van der Waals surface area contributed by atoms with Gasteiger partial charge in [0.25, 0.3) is 29.3 Å². The number of amides is 3. The number of aromatic nitrogens is 12. The van der Waals surface area contributed by atoms with Crippen LogP contribution in [0.2, 0.25) is 0 Å². The van der Waals surface area contributed by atoms with Crippen LogP contribution in [0.25, 0.3) is 43.6 Å². The van der Waals surface area contributed by atoms with E-state index < -0.39 is 23.4 Å². The number of fused-ring (bicyclic) bond motifs is 4. The number of carbonyl (C=O) groups excluding carboxylic acids is 6. The molecule has 12 aromatic heterocycles. The maximum atomic E-state index is 12.9. The van der Waals surface area contributed by atoms with Gasteiger partial charge in [-0.25, -0.2) is 24.7 Å². The van der Waals surface area contributed by atoms with Crippen LogP contribution in [0.1, 0.15) is 47.0 Å². The van der Waals surface area contributed by atoms with E-state index in [-0.39, 0.29) is 34.4 Å². The highest BCUT2D eigenvalue weighted by atomic mass is 79.9. The van der Waals surface area contributed by atoms with Crippen molar-refractivity contribution in [3.8, 4) is 46.0 Å². The average Bonchev–Trinajstić information content (AvgIpc) is 1.67. The molecule has 0 spiro atoms. The van der Waals surface area contributed by atoms with Gasteiger partial charge >= 0.3 is 5.97 Å². The summed E-state index contributed by atoms with van der Waals surface area (Å²) in [4.78, 5) is 122. The molecule has 16 rings (SSSR count). The second kappa shape index (κ2) is 48.6. The molecule has 14 aromatic rings. The Kier molecular flexibility index (Phi) is 38.4. The van der Waals surface area contributed by atoms with E-state index in [2.05, 4.69) is 197 Å². The topological polar surface area (TPSA) is 396 Å². The van der Waals surface area contributed by atoms with Crippen LogP contribution in [-0.2, 0) is 14.3 Å². The summed E-state index contributed by atoms with van der Waals surface area (Å²) in [6.45, 7) is 6.78. The Bertz CT molecular complexity index is 5790. The first-order valence-corrected chi connectivity index (χ1v) is 42.1. The van der Waals surface area contributed by atoms with Crippen LogP contribution in [-0.4, -0.2) is 222 Å². The van der Waals surface area contributed by atoms with Crippen molar-refractivity contribution in [2.45, 2.75) is 6.92 Å². The van der Waals surface area contributed by atoms with E-state index in [4.69, 9.17) is 38.6 Å². The Morgan fingerprint density at radius 3 is 1.40 bits per heavy atom. The number of benzene rings is 2. The number of hydrogen-bond donors (Lipinski definition) is 7. The van der Waals surface area contributed by atoms with Crippen molar-refractivity contribution in [1.82, 2.24) is 79.8 Å². The number of hydrogen-bond acceptors (Lipinski definition) is 24. The first-order valence-electron chi connectivity index (χ1n) is 35.8. The van der Waals surface area contributed by atoms with Crippen molar-refractivity contribution in [2.75, 3.05) is 102 Å². The molecule has 14 heterocycles. The fourth-order valence-electron chi connectivity index (χ4n) is 11.1. The van der Waals surface area contributed by atoms with Gasteiger partial charge in [0.15, 0.2) is 17.2 Å². The molecule has 2 aliphatic rings. The number of nitrogens with zero attached hydrogens (tertiary/aromatic N) is 11. The summed E-state index contributed by atoms with van der Waals surface area (Å²) in [5.41, 5.74) is 6.13. The molecule has 121 heavy (non-hydrogen) atoms. The Hall–Kier alpha value is -10.8. The summed E-state index contributed by atoms with van der Waals surface area (Å²) in [7, 11) is 10.6. The van der Waals surface area contributed by atoms with Crippen LogP contribution in [0.5, 0.6) is 46.0 Å². The van der Waals surface area contributed by atoms with Crippen molar-refractivity contribution in [2.24, 2.45) is 0 Å². The van der Waals surface area contributed by atoms with Crippen LogP contribution in [0.3, 0.4) is 0 Å². The highest BCUT2D eigenvalue weighted by Gasteiger charge is 2.31. The number of rotatable bonds is 12. The summed E-state index contributed by atoms with van der Waals surface area (Å²) in [6.07, 6.45) is 19.3. The SMILES string of the molecule is COC(=O)C(=O)c1c[nH]c2cncc(OC)c12.COc1c(Br)nc(Br)c2[nH]ccc12.COc1cc(C)c(Br)nc1Br.COc1ccc(Br)nc1Br.COc1cncc2[nH]cc(C(=O)C(=O)N3CCN(C(=O)c4ccccc4)CC3)c12.COc1cncc2[nH]ccc12.O=C(c1ccccc1)N1CCNCC1.Oc1ccc(Br)nc1Br.Oc1cccnc1. The third kappa shape index (κ3) is 27.1. The van der Waals surface area contributed by atoms with Gasteiger partial charge in [-0.3, -0.25) is 43.9 Å². The second-order valence-corrected chi connectivity index (χ2v) is 30.7. The number of esters is 1. The molecular formula is C82H78Br8N16O15. The van der Waals surface area contributed by atoms with Gasteiger partial charge in [0, 0.05) is 105 Å². The minimum Gasteiger partial charge on any atom is -0.506 e. The van der Waals surface area contributed by atoms with E-state index in [0.29, 0.717) is 83.5 Å². The van der Waals surface area contributed by atoms with Gasteiger partial charge in [0.05, 0.1) is 137 Å². The molecule has 3 amide bonds. The number of aromatic amines is 4. The minimum absolute atomic E-state index is 0.0714. The largest absolute Gasteiger partial charge is 0.506 e. The number of Topliss-reactive ketones (excluding diaryl/α,β-unsaturated/α-hetero) is 2. The summed E-state index contributed by atoms with van der Waals surface area (Å²) >= 11 is 26.0. The molecule has 7 N–H and O–H groups in total. The lowest BCUT2D eigenvalue weighted by atomic mass is 10.1. The number of H-pyrrole nitrogens is 4. The number of aromatic hydroxyl groups is 2. The van der Waals surface area contributed by atoms with Gasteiger partial charge in [-0.2, -0.15) is 0 Å². The van der Waals surface area contributed by atoms with Crippen molar-refractivity contribution >= 4 is 206 Å². The lowest BCUT2D eigenvalue weighted by molar-refractivity contribution is -0.135. The van der Waals surface area contributed by atoms with Crippen molar-refractivity contribution < 1.29 is 72.1 Å². The molecule has 2 aromatic carbocycles. The Balaban J connectivity index is 0.000000175. The van der Waals surface area contributed by atoms with Crippen LogP contribution in [0.4, 0.5) is 0 Å². The van der Waals surface area contributed by atoms with Gasteiger partial charge in [0.2, 0.25) is 0 Å². The molecule has 39 heteroatoms. The molecule has 0 saturated carbocycles. The maximum absolute atomic E-state index is 12.9. The average molecular weight is 2170 g/mol. The number of ether oxygens (including phenoxy) is 7. The second-order valence-electron chi connectivity index (χ2n) is 24.6. The van der Waals surface area contributed by atoms with Crippen LogP contribution in [0.15, 0.2) is 226 Å². The first kappa shape index (κ1) is 95.7. The minimum atomic E-state index is -0.912. The Morgan fingerprint density at radius 1 is 0.413 bits per heavy atom. The smallest absolute Gasteiger partial charge is 0.379 e. The number of ketones is 2. The molecule has 632 valence electrons.